The molecule has 2 aliphatic rings. The Hall–Kier alpha value is -2.58. The van der Waals surface area contributed by atoms with Crippen LogP contribution >= 0.6 is 11.3 Å². The van der Waals surface area contributed by atoms with Gasteiger partial charge in [-0.3, -0.25) is 9.78 Å². The second-order valence-corrected chi connectivity index (χ2v) is 8.57. The second-order valence-electron chi connectivity index (χ2n) is 7.79. The number of amides is 1. The minimum Gasteiger partial charge on any atom is -0.420 e. The zero-order valence-corrected chi connectivity index (χ0v) is 16.8. The highest BCUT2D eigenvalue weighted by atomic mass is 32.1. The molecule has 0 aromatic carbocycles. The fraction of sp³-hybridized carbons (Fsp3) is 0.429. The van der Waals surface area contributed by atoms with Crippen LogP contribution in [0.2, 0.25) is 0 Å². The van der Waals surface area contributed by atoms with E-state index in [1.54, 1.807) is 23.7 Å². The Morgan fingerprint density at radius 3 is 2.79 bits per heavy atom. The molecule has 8 heteroatoms. The van der Waals surface area contributed by atoms with Gasteiger partial charge in [0.15, 0.2) is 0 Å². The lowest BCUT2D eigenvalue weighted by Crippen LogP contribution is -2.37. The smallest absolute Gasteiger partial charge is 0.247 e. The van der Waals surface area contributed by atoms with E-state index in [0.29, 0.717) is 38.0 Å². The second kappa shape index (κ2) is 7.68. The molecule has 3 aromatic heterocycles. The average molecular weight is 410 g/mol. The molecular weight excluding hydrogens is 388 g/mol. The van der Waals surface area contributed by atoms with E-state index in [-0.39, 0.29) is 17.2 Å². The van der Waals surface area contributed by atoms with Gasteiger partial charge in [-0.05, 0) is 47.4 Å². The van der Waals surface area contributed by atoms with Gasteiger partial charge in [0, 0.05) is 49.7 Å². The van der Waals surface area contributed by atoms with Crippen LogP contribution in [0.3, 0.4) is 0 Å². The predicted molar refractivity (Wildman–Crippen MR) is 107 cm³/mol. The molecule has 5 heterocycles. The molecule has 0 bridgehead atoms. The van der Waals surface area contributed by atoms with Crippen molar-refractivity contribution in [1.29, 1.82) is 0 Å². The van der Waals surface area contributed by atoms with Crippen LogP contribution in [0.5, 0.6) is 0 Å². The summed E-state index contributed by atoms with van der Waals surface area (Å²) in [6.07, 6.45) is 5.65. The summed E-state index contributed by atoms with van der Waals surface area (Å²) in [4.78, 5) is 19.0. The molecule has 1 unspecified atom stereocenters. The van der Waals surface area contributed by atoms with Crippen molar-refractivity contribution in [2.75, 3.05) is 26.3 Å². The van der Waals surface area contributed by atoms with Gasteiger partial charge in [-0.25, -0.2) is 0 Å². The first-order chi connectivity index (χ1) is 14.2. The average Bonchev–Trinajstić information content (AvgIpc) is 3.50. The van der Waals surface area contributed by atoms with E-state index >= 15 is 0 Å². The number of hydrogen-bond donors (Lipinski definition) is 0. The monoisotopic (exact) mass is 410 g/mol. The van der Waals surface area contributed by atoms with Gasteiger partial charge >= 0.3 is 0 Å². The van der Waals surface area contributed by atoms with Crippen LogP contribution < -0.4 is 0 Å². The van der Waals surface area contributed by atoms with Crippen molar-refractivity contribution in [2.45, 2.75) is 25.2 Å². The lowest BCUT2D eigenvalue weighted by Gasteiger charge is -2.36. The van der Waals surface area contributed by atoms with Crippen LogP contribution in [0.4, 0.5) is 0 Å². The third-order valence-corrected chi connectivity index (χ3v) is 6.82. The normalized spacial score (nSPS) is 21.0. The zero-order valence-electron chi connectivity index (χ0n) is 16.0. The van der Waals surface area contributed by atoms with Gasteiger partial charge in [-0.1, -0.05) is 0 Å². The minimum absolute atomic E-state index is 0.0286. The van der Waals surface area contributed by atoms with Gasteiger partial charge in [0.05, 0.1) is 12.3 Å². The maximum absolute atomic E-state index is 13.0. The van der Waals surface area contributed by atoms with E-state index in [0.717, 1.165) is 30.5 Å². The van der Waals surface area contributed by atoms with Crippen molar-refractivity contribution in [1.82, 2.24) is 20.1 Å². The molecule has 0 aliphatic carbocycles. The van der Waals surface area contributed by atoms with Gasteiger partial charge in [0.2, 0.25) is 17.7 Å². The molecule has 5 rings (SSSR count). The Labute approximate surface area is 172 Å². The predicted octanol–water partition coefficient (Wildman–Crippen LogP) is 3.16. The summed E-state index contributed by atoms with van der Waals surface area (Å²) >= 11 is 1.62. The van der Waals surface area contributed by atoms with Crippen molar-refractivity contribution in [3.05, 3.63) is 52.8 Å². The van der Waals surface area contributed by atoms with Gasteiger partial charge in [0.25, 0.3) is 0 Å². The molecule has 0 saturated carbocycles. The number of pyridine rings is 1. The van der Waals surface area contributed by atoms with Crippen molar-refractivity contribution >= 4 is 17.2 Å². The van der Waals surface area contributed by atoms with Crippen LogP contribution in [0.1, 0.15) is 30.2 Å². The summed E-state index contributed by atoms with van der Waals surface area (Å²) in [5, 5.41) is 12.7. The van der Waals surface area contributed by atoms with Gasteiger partial charge in [0.1, 0.15) is 0 Å². The number of hydrogen-bond acceptors (Lipinski definition) is 7. The quantitative estimate of drug-likeness (QED) is 0.657. The number of aromatic nitrogens is 3. The molecule has 1 atom stereocenters. The van der Waals surface area contributed by atoms with Crippen LogP contribution in [0.25, 0.3) is 11.5 Å². The van der Waals surface area contributed by atoms with Crippen LogP contribution in [0, 0.1) is 5.41 Å². The summed E-state index contributed by atoms with van der Waals surface area (Å²) in [7, 11) is 0. The number of carbonyl (C=O) groups excluding carboxylic acids is 1. The third-order valence-electron chi connectivity index (χ3n) is 6.09. The molecule has 150 valence electrons. The maximum Gasteiger partial charge on any atom is 0.247 e. The third kappa shape index (κ3) is 3.58. The first kappa shape index (κ1) is 18.4. The number of nitrogens with zero attached hydrogens (tertiary/aromatic N) is 4. The highest BCUT2D eigenvalue weighted by Crippen LogP contribution is 2.49. The van der Waals surface area contributed by atoms with Crippen molar-refractivity contribution in [2.24, 2.45) is 5.41 Å². The SMILES string of the molecule is O=C(Cc1ccsc1)N1CC(c2nnc(-c3ccncc3)o2)C2(CCOCC2)C1. The fourth-order valence-electron chi connectivity index (χ4n) is 4.45. The Morgan fingerprint density at radius 1 is 1.21 bits per heavy atom. The van der Waals surface area contributed by atoms with Crippen molar-refractivity contribution in [3.63, 3.8) is 0 Å². The number of carbonyl (C=O) groups is 1. The Balaban J connectivity index is 1.41. The summed E-state index contributed by atoms with van der Waals surface area (Å²) in [6.45, 7) is 2.74. The first-order valence-electron chi connectivity index (χ1n) is 9.84. The lowest BCUT2D eigenvalue weighted by molar-refractivity contribution is -0.130. The zero-order chi connectivity index (χ0) is 19.7. The molecule has 0 N–H and O–H groups in total. The van der Waals surface area contributed by atoms with Crippen molar-refractivity contribution in [3.8, 4) is 11.5 Å². The molecule has 29 heavy (non-hydrogen) atoms. The molecule has 0 radical (unpaired) electrons. The highest BCUT2D eigenvalue weighted by molar-refractivity contribution is 7.08. The van der Waals surface area contributed by atoms with E-state index in [2.05, 4.69) is 15.2 Å². The Kier molecular flexibility index (Phi) is 4.89. The Morgan fingerprint density at radius 2 is 2.03 bits per heavy atom. The van der Waals surface area contributed by atoms with E-state index in [4.69, 9.17) is 9.15 Å². The van der Waals surface area contributed by atoms with Gasteiger partial charge in [-0.2, -0.15) is 11.3 Å². The minimum atomic E-state index is -0.0649. The summed E-state index contributed by atoms with van der Waals surface area (Å²) in [5.41, 5.74) is 1.86. The van der Waals surface area contributed by atoms with E-state index in [1.807, 2.05) is 33.9 Å². The van der Waals surface area contributed by atoms with Crippen LogP contribution in [-0.2, 0) is 16.0 Å². The lowest BCUT2D eigenvalue weighted by atomic mass is 9.72. The number of ether oxygens (including phenoxy) is 1. The van der Waals surface area contributed by atoms with E-state index in [9.17, 15) is 4.79 Å². The number of rotatable bonds is 4. The summed E-state index contributed by atoms with van der Waals surface area (Å²) in [6, 6.07) is 5.72. The maximum atomic E-state index is 13.0. The van der Waals surface area contributed by atoms with Crippen LogP contribution in [0.15, 0.2) is 45.8 Å². The molecule has 1 spiro atoms. The largest absolute Gasteiger partial charge is 0.420 e. The molecule has 3 aromatic rings. The number of thiophene rings is 1. The van der Waals surface area contributed by atoms with Gasteiger partial charge in [-0.15, -0.1) is 10.2 Å². The fourth-order valence-corrected chi connectivity index (χ4v) is 5.12. The molecule has 1 amide bonds. The molecule has 2 aliphatic heterocycles. The van der Waals surface area contributed by atoms with Crippen molar-refractivity contribution < 1.29 is 13.9 Å². The first-order valence-corrected chi connectivity index (χ1v) is 10.8. The Bertz CT molecular complexity index is 967. The standard InChI is InChI=1S/C21H22N4O3S/c26-18(11-15-3-10-29-13-15)25-12-17(21(14-25)4-8-27-9-5-21)20-24-23-19(28-20)16-1-6-22-7-2-16/h1-3,6-7,10,13,17H,4-5,8-9,11-12,14H2. The molecule has 2 saturated heterocycles. The summed E-state index contributed by atoms with van der Waals surface area (Å²) in [5.74, 6) is 1.30. The van der Waals surface area contributed by atoms with E-state index < -0.39 is 0 Å². The molecular formula is C21H22N4O3S. The van der Waals surface area contributed by atoms with Gasteiger partial charge < -0.3 is 14.1 Å². The molecule has 7 nitrogen and oxygen atoms in total. The topological polar surface area (TPSA) is 81.4 Å². The highest BCUT2D eigenvalue weighted by Gasteiger charge is 2.51. The van der Waals surface area contributed by atoms with Crippen LogP contribution in [-0.4, -0.2) is 52.3 Å². The summed E-state index contributed by atoms with van der Waals surface area (Å²) < 4.78 is 11.7. The van der Waals surface area contributed by atoms with E-state index in [1.165, 1.54) is 0 Å². The molecule has 2 fully saturated rings. The number of likely N-dealkylation sites (tertiary alicyclic amines) is 1.